The van der Waals surface area contributed by atoms with Crippen molar-refractivity contribution in [3.8, 4) is 11.5 Å². The first-order valence-electron chi connectivity index (χ1n) is 6.45. The zero-order valence-electron chi connectivity index (χ0n) is 11.4. The number of benzene rings is 1. The Labute approximate surface area is 109 Å². The van der Waals surface area contributed by atoms with Crippen molar-refractivity contribution < 1.29 is 9.47 Å². The molecular weight excluding hydrogens is 228 g/mol. The van der Waals surface area contributed by atoms with Gasteiger partial charge in [-0.3, -0.25) is 0 Å². The highest BCUT2D eigenvalue weighted by Crippen LogP contribution is 2.32. The van der Waals surface area contributed by atoms with Gasteiger partial charge in [-0.25, -0.2) is 0 Å². The minimum absolute atomic E-state index is 0.491. The van der Waals surface area contributed by atoms with Crippen LogP contribution in [0.5, 0.6) is 11.5 Å². The summed E-state index contributed by atoms with van der Waals surface area (Å²) in [4.78, 5) is 2.42. The molecule has 0 bridgehead atoms. The Balaban J connectivity index is 2.26. The summed E-state index contributed by atoms with van der Waals surface area (Å²) in [6.45, 7) is 5.43. The highest BCUT2D eigenvalue weighted by Gasteiger charge is 2.18. The van der Waals surface area contributed by atoms with Gasteiger partial charge in [0, 0.05) is 30.9 Å². The molecule has 0 amide bonds. The van der Waals surface area contributed by atoms with E-state index in [0.29, 0.717) is 6.04 Å². The van der Waals surface area contributed by atoms with Crippen molar-refractivity contribution in [3.63, 3.8) is 0 Å². The lowest BCUT2D eigenvalue weighted by Gasteiger charge is -2.29. The van der Waals surface area contributed by atoms with E-state index in [2.05, 4.69) is 29.3 Å². The van der Waals surface area contributed by atoms with E-state index in [-0.39, 0.29) is 0 Å². The van der Waals surface area contributed by atoms with E-state index in [1.54, 1.807) is 14.2 Å². The molecule has 1 unspecified atom stereocenters. The summed E-state index contributed by atoms with van der Waals surface area (Å²) in [6.07, 6.45) is 1.17. The molecule has 1 aromatic rings. The zero-order chi connectivity index (χ0) is 13.0. The lowest BCUT2D eigenvalue weighted by Crippen LogP contribution is -2.37. The highest BCUT2D eigenvalue weighted by atomic mass is 16.5. The van der Waals surface area contributed by atoms with Gasteiger partial charge in [0.1, 0.15) is 0 Å². The third-order valence-corrected chi connectivity index (χ3v) is 3.42. The minimum atomic E-state index is 0.491. The Bertz CT molecular complexity index is 395. The quantitative estimate of drug-likeness (QED) is 0.888. The molecule has 4 heteroatoms. The van der Waals surface area contributed by atoms with Gasteiger partial charge in [0.2, 0.25) is 0 Å². The Kier molecular flexibility index (Phi) is 4.31. The monoisotopic (exact) mass is 250 g/mol. The van der Waals surface area contributed by atoms with Crippen LogP contribution < -0.4 is 19.7 Å². The van der Waals surface area contributed by atoms with Crippen LogP contribution >= 0.6 is 0 Å². The molecule has 1 aliphatic heterocycles. The summed E-state index contributed by atoms with van der Waals surface area (Å²) >= 11 is 0. The van der Waals surface area contributed by atoms with Crippen LogP contribution in [0.25, 0.3) is 0 Å². The smallest absolute Gasteiger partial charge is 0.162 e. The summed E-state index contributed by atoms with van der Waals surface area (Å²) in [5.74, 6) is 1.57. The standard InChI is InChI=1S/C14H22N2O2/c1-11-10-15-7-4-8-16(11)12-5-6-13(17-2)14(9-12)18-3/h5-6,9,11,15H,4,7-8,10H2,1-3H3. The van der Waals surface area contributed by atoms with E-state index in [1.807, 2.05) is 6.07 Å². The average Bonchev–Trinajstić information content (AvgIpc) is 2.62. The van der Waals surface area contributed by atoms with Gasteiger partial charge in [-0.05, 0) is 32.0 Å². The van der Waals surface area contributed by atoms with Gasteiger partial charge in [-0.15, -0.1) is 0 Å². The number of anilines is 1. The van der Waals surface area contributed by atoms with E-state index >= 15 is 0 Å². The fraction of sp³-hybridized carbons (Fsp3) is 0.571. The third kappa shape index (κ3) is 2.70. The van der Waals surface area contributed by atoms with Gasteiger partial charge in [0.05, 0.1) is 14.2 Å². The van der Waals surface area contributed by atoms with Crippen LogP contribution in [-0.2, 0) is 0 Å². The first kappa shape index (κ1) is 13.0. The summed E-state index contributed by atoms with van der Waals surface area (Å²) in [7, 11) is 3.34. The molecule has 0 radical (unpaired) electrons. The summed E-state index contributed by atoms with van der Waals surface area (Å²) in [6, 6.07) is 6.62. The Morgan fingerprint density at radius 1 is 1.22 bits per heavy atom. The van der Waals surface area contributed by atoms with Crippen LogP contribution in [0.3, 0.4) is 0 Å². The number of nitrogens with zero attached hydrogens (tertiary/aromatic N) is 1. The van der Waals surface area contributed by atoms with Crippen molar-refractivity contribution in [2.75, 3.05) is 38.8 Å². The number of nitrogens with one attached hydrogen (secondary N) is 1. The number of hydrogen-bond acceptors (Lipinski definition) is 4. The maximum Gasteiger partial charge on any atom is 0.162 e. The lowest BCUT2D eigenvalue weighted by atomic mass is 10.2. The molecule has 0 aliphatic carbocycles. The molecule has 4 nitrogen and oxygen atoms in total. The summed E-state index contributed by atoms with van der Waals surface area (Å²) in [5.41, 5.74) is 1.20. The van der Waals surface area contributed by atoms with E-state index in [4.69, 9.17) is 9.47 Å². The van der Waals surface area contributed by atoms with Gasteiger partial charge in [0.15, 0.2) is 11.5 Å². The van der Waals surface area contributed by atoms with E-state index < -0.39 is 0 Å². The predicted molar refractivity (Wildman–Crippen MR) is 73.8 cm³/mol. The largest absolute Gasteiger partial charge is 0.493 e. The van der Waals surface area contributed by atoms with Crippen molar-refractivity contribution in [3.05, 3.63) is 18.2 Å². The molecule has 0 saturated carbocycles. The minimum Gasteiger partial charge on any atom is -0.493 e. The Hall–Kier alpha value is -1.42. The Morgan fingerprint density at radius 3 is 2.72 bits per heavy atom. The maximum atomic E-state index is 5.37. The van der Waals surface area contributed by atoms with E-state index in [9.17, 15) is 0 Å². The molecule has 1 heterocycles. The molecule has 100 valence electrons. The van der Waals surface area contributed by atoms with Gasteiger partial charge < -0.3 is 19.7 Å². The van der Waals surface area contributed by atoms with Crippen molar-refractivity contribution in [2.24, 2.45) is 0 Å². The van der Waals surface area contributed by atoms with Crippen LogP contribution in [0.1, 0.15) is 13.3 Å². The van der Waals surface area contributed by atoms with Gasteiger partial charge in [-0.1, -0.05) is 0 Å². The number of hydrogen-bond donors (Lipinski definition) is 1. The van der Waals surface area contributed by atoms with E-state index in [1.165, 1.54) is 12.1 Å². The van der Waals surface area contributed by atoms with Crippen molar-refractivity contribution >= 4 is 5.69 Å². The molecule has 1 aliphatic rings. The second-order valence-corrected chi connectivity index (χ2v) is 4.64. The fourth-order valence-corrected chi connectivity index (χ4v) is 2.40. The van der Waals surface area contributed by atoms with Gasteiger partial charge in [-0.2, -0.15) is 0 Å². The third-order valence-electron chi connectivity index (χ3n) is 3.42. The molecule has 18 heavy (non-hydrogen) atoms. The highest BCUT2D eigenvalue weighted by molar-refractivity contribution is 5.57. The Morgan fingerprint density at radius 2 is 2.00 bits per heavy atom. The van der Waals surface area contributed by atoms with Crippen molar-refractivity contribution in [1.29, 1.82) is 0 Å². The molecule has 0 aromatic heterocycles. The lowest BCUT2D eigenvalue weighted by molar-refractivity contribution is 0.355. The predicted octanol–water partition coefficient (Wildman–Crippen LogP) is 1.89. The van der Waals surface area contributed by atoms with Crippen LogP contribution in [0.4, 0.5) is 5.69 Å². The average molecular weight is 250 g/mol. The SMILES string of the molecule is COc1ccc(N2CCCNCC2C)cc1OC. The van der Waals surface area contributed by atoms with Gasteiger partial charge >= 0.3 is 0 Å². The van der Waals surface area contributed by atoms with Crippen molar-refractivity contribution in [2.45, 2.75) is 19.4 Å². The van der Waals surface area contributed by atoms with E-state index in [0.717, 1.165) is 31.1 Å². The number of ether oxygens (including phenoxy) is 2. The number of methoxy groups -OCH3 is 2. The maximum absolute atomic E-state index is 5.37. The molecule has 1 aromatic carbocycles. The normalized spacial score (nSPS) is 20.4. The second-order valence-electron chi connectivity index (χ2n) is 4.64. The molecular formula is C14H22N2O2. The van der Waals surface area contributed by atoms with Crippen LogP contribution in [0.15, 0.2) is 18.2 Å². The summed E-state index contributed by atoms with van der Waals surface area (Å²) in [5, 5.41) is 3.45. The first-order chi connectivity index (χ1) is 8.76. The second kappa shape index (κ2) is 5.96. The molecule has 2 rings (SSSR count). The van der Waals surface area contributed by atoms with Crippen LogP contribution in [0, 0.1) is 0 Å². The molecule has 1 saturated heterocycles. The molecule has 0 spiro atoms. The fourth-order valence-electron chi connectivity index (χ4n) is 2.40. The molecule has 1 fully saturated rings. The molecule has 1 N–H and O–H groups in total. The number of rotatable bonds is 3. The topological polar surface area (TPSA) is 33.7 Å². The molecule has 1 atom stereocenters. The zero-order valence-corrected chi connectivity index (χ0v) is 11.4. The summed E-state index contributed by atoms with van der Waals surface area (Å²) < 4.78 is 10.6. The van der Waals surface area contributed by atoms with Crippen LogP contribution in [0.2, 0.25) is 0 Å². The van der Waals surface area contributed by atoms with Crippen molar-refractivity contribution in [1.82, 2.24) is 5.32 Å². The van der Waals surface area contributed by atoms with Gasteiger partial charge in [0.25, 0.3) is 0 Å². The first-order valence-corrected chi connectivity index (χ1v) is 6.45. The van der Waals surface area contributed by atoms with Crippen LogP contribution in [-0.4, -0.2) is 39.9 Å².